The van der Waals surface area contributed by atoms with Crippen LogP contribution in [-0.2, 0) is 19.1 Å². The molecule has 142 valence electrons. The topological polar surface area (TPSA) is 93.1 Å². The largest absolute Gasteiger partial charge is 0.480 e. The number of carbonyl (C=O) groups is 3. The molecule has 2 aliphatic rings. The smallest absolute Gasteiger partial charge is 0.410 e. The van der Waals surface area contributed by atoms with Gasteiger partial charge in [-0.2, -0.15) is 0 Å². The molecule has 1 saturated heterocycles. The summed E-state index contributed by atoms with van der Waals surface area (Å²) in [7, 11) is 0. The van der Waals surface area contributed by atoms with Gasteiger partial charge in [0.15, 0.2) is 0 Å². The fourth-order valence-electron chi connectivity index (χ4n) is 3.70. The number of nitrogens with zero attached hydrogens (tertiary/aromatic N) is 1. The maximum absolute atomic E-state index is 12.2. The fraction of sp³-hybridized carbons (Fsp3) is 0.800. The van der Waals surface area contributed by atoms with E-state index < -0.39 is 28.5 Å². The highest BCUT2D eigenvalue weighted by molar-refractivity contribution is 6.67. The van der Waals surface area contributed by atoms with Crippen molar-refractivity contribution in [2.45, 2.75) is 36.0 Å². The molecule has 1 amide bonds. The summed E-state index contributed by atoms with van der Waals surface area (Å²) in [4.78, 5) is 37.1. The molecule has 2 fully saturated rings. The van der Waals surface area contributed by atoms with Crippen molar-refractivity contribution in [1.29, 1.82) is 0 Å². The molecule has 7 nitrogen and oxygen atoms in total. The Hall–Kier alpha value is -0.920. The molecule has 1 aliphatic carbocycles. The van der Waals surface area contributed by atoms with Crippen molar-refractivity contribution in [2.24, 2.45) is 17.8 Å². The van der Waals surface area contributed by atoms with Crippen molar-refractivity contribution in [3.8, 4) is 0 Å². The second-order valence-corrected chi connectivity index (χ2v) is 8.79. The van der Waals surface area contributed by atoms with E-state index in [2.05, 4.69) is 0 Å². The van der Waals surface area contributed by atoms with Gasteiger partial charge in [-0.3, -0.25) is 9.69 Å². The zero-order valence-electron chi connectivity index (χ0n) is 13.6. The summed E-state index contributed by atoms with van der Waals surface area (Å²) < 4.78 is 8.24. The highest BCUT2D eigenvalue weighted by atomic mass is 35.6. The Morgan fingerprint density at radius 1 is 1.20 bits per heavy atom. The Bertz CT molecular complexity index is 538. The van der Waals surface area contributed by atoms with Crippen LogP contribution < -0.4 is 0 Å². The van der Waals surface area contributed by atoms with E-state index in [9.17, 15) is 19.5 Å². The van der Waals surface area contributed by atoms with E-state index >= 15 is 0 Å². The van der Waals surface area contributed by atoms with Crippen molar-refractivity contribution < 1.29 is 29.0 Å². The first-order valence-corrected chi connectivity index (χ1v) is 9.17. The Morgan fingerprint density at radius 2 is 1.88 bits per heavy atom. The number of piperidine rings is 1. The summed E-state index contributed by atoms with van der Waals surface area (Å²) in [6, 6.07) is -1.08. The maximum Gasteiger partial charge on any atom is 0.410 e. The van der Waals surface area contributed by atoms with Gasteiger partial charge in [0.05, 0.1) is 12.5 Å². The Kier molecular flexibility index (Phi) is 6.68. The molecule has 1 aliphatic heterocycles. The van der Waals surface area contributed by atoms with Crippen LogP contribution in [0.2, 0.25) is 0 Å². The Morgan fingerprint density at radius 3 is 2.44 bits per heavy atom. The van der Waals surface area contributed by atoms with Crippen LogP contribution in [0.4, 0.5) is 4.79 Å². The molecule has 25 heavy (non-hydrogen) atoms. The fourth-order valence-corrected chi connectivity index (χ4v) is 3.87. The average molecular weight is 417 g/mol. The second kappa shape index (κ2) is 8.18. The predicted molar refractivity (Wildman–Crippen MR) is 90.7 cm³/mol. The molecule has 1 saturated carbocycles. The van der Waals surface area contributed by atoms with Crippen molar-refractivity contribution in [1.82, 2.24) is 4.90 Å². The molecular weight excluding hydrogens is 397 g/mol. The van der Waals surface area contributed by atoms with Crippen LogP contribution in [-0.4, -0.2) is 57.6 Å². The first kappa shape index (κ1) is 20.4. The van der Waals surface area contributed by atoms with Crippen molar-refractivity contribution in [2.75, 3.05) is 19.8 Å². The molecule has 0 aromatic rings. The van der Waals surface area contributed by atoms with Gasteiger partial charge in [0.1, 0.15) is 12.6 Å². The number of fused-ring (bicyclic) bond motifs is 1. The summed E-state index contributed by atoms with van der Waals surface area (Å²) in [5.41, 5.74) is 0. The lowest BCUT2D eigenvalue weighted by Gasteiger charge is -2.40. The minimum atomic E-state index is -1.77. The SMILES string of the molecule is CCOC(=O)[C@H]1CC[C@@H]2CN(C(=O)OCC(Cl)(Cl)Cl)[C@H](C(=O)O)C[C@@H]21. The number of amides is 1. The maximum atomic E-state index is 12.2. The number of likely N-dealkylation sites (tertiary alicyclic amines) is 1. The molecule has 1 heterocycles. The molecule has 0 radical (unpaired) electrons. The summed E-state index contributed by atoms with van der Waals surface area (Å²) in [6.07, 6.45) is 0.676. The lowest BCUT2D eigenvalue weighted by atomic mass is 9.80. The van der Waals surface area contributed by atoms with Crippen LogP contribution in [0, 0.1) is 17.8 Å². The zero-order chi connectivity index (χ0) is 18.8. The molecular formula is C15H20Cl3NO6. The summed E-state index contributed by atoms with van der Waals surface area (Å²) >= 11 is 16.7. The molecule has 4 atom stereocenters. The first-order chi connectivity index (χ1) is 11.6. The number of halogens is 3. The third-order valence-corrected chi connectivity index (χ3v) is 5.07. The Labute approximate surface area is 160 Å². The van der Waals surface area contributed by atoms with E-state index in [4.69, 9.17) is 44.3 Å². The summed E-state index contributed by atoms with van der Waals surface area (Å²) in [5, 5.41) is 9.49. The van der Waals surface area contributed by atoms with E-state index in [0.29, 0.717) is 12.8 Å². The van der Waals surface area contributed by atoms with Crippen LogP contribution >= 0.6 is 34.8 Å². The number of esters is 1. The molecule has 0 aromatic heterocycles. The minimum absolute atomic E-state index is 0.0188. The normalized spacial score (nSPS) is 29.0. The second-order valence-electron chi connectivity index (χ2n) is 6.27. The van der Waals surface area contributed by atoms with Crippen LogP contribution in [0.25, 0.3) is 0 Å². The first-order valence-electron chi connectivity index (χ1n) is 8.03. The van der Waals surface area contributed by atoms with Crippen LogP contribution in [0.1, 0.15) is 26.2 Å². The van der Waals surface area contributed by atoms with E-state index in [1.807, 2.05) is 0 Å². The van der Waals surface area contributed by atoms with Crippen LogP contribution in [0.3, 0.4) is 0 Å². The monoisotopic (exact) mass is 415 g/mol. The average Bonchev–Trinajstić information content (AvgIpc) is 2.93. The zero-order valence-corrected chi connectivity index (χ0v) is 15.9. The number of rotatable bonds is 4. The van der Waals surface area contributed by atoms with Crippen molar-refractivity contribution >= 4 is 52.8 Å². The lowest BCUT2D eigenvalue weighted by molar-refractivity contribution is -0.153. The molecule has 2 rings (SSSR count). The van der Waals surface area contributed by atoms with E-state index in [0.717, 1.165) is 4.90 Å². The predicted octanol–water partition coefficient (Wildman–Crippen LogP) is 2.86. The van der Waals surface area contributed by atoms with Crippen LogP contribution in [0.15, 0.2) is 0 Å². The summed E-state index contributed by atoms with van der Waals surface area (Å²) in [6.45, 7) is 1.73. The number of carbonyl (C=O) groups excluding carboxylic acids is 2. The van der Waals surface area contributed by atoms with Gasteiger partial charge in [0.2, 0.25) is 3.79 Å². The number of ether oxygens (including phenoxy) is 2. The number of hydrogen-bond donors (Lipinski definition) is 1. The summed E-state index contributed by atoms with van der Waals surface area (Å²) in [5.74, 6) is -1.89. The van der Waals surface area contributed by atoms with Gasteiger partial charge in [-0.25, -0.2) is 9.59 Å². The van der Waals surface area contributed by atoms with Gasteiger partial charge in [0, 0.05) is 6.54 Å². The Balaban J connectivity index is 2.09. The third-order valence-electron chi connectivity index (χ3n) is 4.74. The van der Waals surface area contributed by atoms with Crippen molar-refractivity contribution in [3.63, 3.8) is 0 Å². The minimum Gasteiger partial charge on any atom is -0.480 e. The van der Waals surface area contributed by atoms with E-state index in [1.165, 1.54) is 0 Å². The number of alkyl halides is 3. The lowest BCUT2D eigenvalue weighted by Crippen LogP contribution is -2.54. The molecule has 10 heteroatoms. The van der Waals surface area contributed by atoms with E-state index in [-0.39, 0.29) is 43.3 Å². The molecule has 0 bridgehead atoms. The van der Waals surface area contributed by atoms with Crippen LogP contribution in [0.5, 0.6) is 0 Å². The van der Waals surface area contributed by atoms with Gasteiger partial charge in [-0.05, 0) is 38.0 Å². The van der Waals surface area contributed by atoms with Gasteiger partial charge >= 0.3 is 18.0 Å². The number of hydrogen-bond acceptors (Lipinski definition) is 5. The molecule has 0 spiro atoms. The number of carboxylic acid groups (broad SMARTS) is 1. The highest BCUT2D eigenvalue weighted by Crippen LogP contribution is 2.45. The van der Waals surface area contributed by atoms with Gasteiger partial charge in [-0.1, -0.05) is 34.8 Å². The molecule has 0 aromatic carbocycles. The van der Waals surface area contributed by atoms with Gasteiger partial charge in [-0.15, -0.1) is 0 Å². The third kappa shape index (κ3) is 5.05. The number of aliphatic carboxylic acids is 1. The van der Waals surface area contributed by atoms with Crippen molar-refractivity contribution in [3.05, 3.63) is 0 Å². The van der Waals surface area contributed by atoms with E-state index in [1.54, 1.807) is 6.92 Å². The standard InChI is InChI=1S/C15H20Cl3NO6/c1-2-24-13(22)9-4-3-8-6-19(11(12(20)21)5-10(8)9)14(23)25-7-15(16,17)18/h8-11H,2-7H2,1H3,(H,20,21)/t8-,9+,10+,11+/m1/s1. The molecule has 0 unspecified atom stereocenters. The quantitative estimate of drug-likeness (QED) is 0.559. The highest BCUT2D eigenvalue weighted by Gasteiger charge is 2.50. The number of carboxylic acids is 1. The molecule has 1 N–H and O–H groups in total. The van der Waals surface area contributed by atoms with Gasteiger partial charge < -0.3 is 14.6 Å². The van der Waals surface area contributed by atoms with Gasteiger partial charge in [0.25, 0.3) is 0 Å².